The first-order valence-electron chi connectivity index (χ1n) is 13.5. The first kappa shape index (κ1) is 25.4. The van der Waals surface area contributed by atoms with Crippen molar-refractivity contribution in [3.63, 3.8) is 0 Å². The Kier molecular flexibility index (Phi) is 6.59. The van der Waals surface area contributed by atoms with E-state index in [0.29, 0.717) is 42.6 Å². The lowest BCUT2D eigenvalue weighted by molar-refractivity contribution is -0.384. The Morgan fingerprint density at radius 1 is 1.00 bits per heavy atom. The number of hydrogen-bond donors (Lipinski definition) is 0. The number of anilines is 1. The molecule has 2 atom stereocenters. The fourth-order valence-corrected chi connectivity index (χ4v) is 5.68. The maximum atomic E-state index is 13.7. The average Bonchev–Trinajstić information content (AvgIpc) is 3.43. The number of hydrogen-bond acceptors (Lipinski definition) is 7. The molecule has 0 spiro atoms. The molecule has 10 nitrogen and oxygen atoms in total. The summed E-state index contributed by atoms with van der Waals surface area (Å²) >= 11 is 0. The van der Waals surface area contributed by atoms with Crippen LogP contribution in [0.25, 0.3) is 27.9 Å². The van der Waals surface area contributed by atoms with Crippen LogP contribution in [0, 0.1) is 10.1 Å². The smallest absolute Gasteiger partial charge is 0.280 e. The maximum Gasteiger partial charge on any atom is 0.280 e. The van der Waals surface area contributed by atoms with Crippen molar-refractivity contribution in [1.29, 1.82) is 0 Å². The highest BCUT2D eigenvalue weighted by Gasteiger charge is 2.34. The zero-order valence-electron chi connectivity index (χ0n) is 22.3. The van der Waals surface area contributed by atoms with Crippen LogP contribution in [0.3, 0.4) is 0 Å². The summed E-state index contributed by atoms with van der Waals surface area (Å²) < 4.78 is 1.81. The molecule has 0 unspecified atom stereocenters. The van der Waals surface area contributed by atoms with Gasteiger partial charge < -0.3 is 9.80 Å². The van der Waals surface area contributed by atoms with E-state index in [9.17, 15) is 14.9 Å². The molecule has 202 valence electrons. The second kappa shape index (κ2) is 10.4. The summed E-state index contributed by atoms with van der Waals surface area (Å²) in [5.41, 5.74) is 2.68. The number of amides is 1. The molecule has 1 amide bonds. The number of nitrogens with zero attached hydrogens (tertiary/aromatic N) is 7. The second-order valence-electron chi connectivity index (χ2n) is 10.1. The molecule has 5 aromatic rings. The lowest BCUT2D eigenvalue weighted by Gasteiger charge is -2.41. The Morgan fingerprint density at radius 2 is 1.73 bits per heavy atom. The van der Waals surface area contributed by atoms with E-state index >= 15 is 0 Å². The average molecular weight is 536 g/mol. The molecule has 3 heterocycles. The predicted octanol–water partition coefficient (Wildman–Crippen LogP) is 5.08. The third-order valence-electron chi connectivity index (χ3n) is 7.67. The number of fused-ring (bicyclic) bond motifs is 3. The molecule has 0 saturated carbocycles. The monoisotopic (exact) mass is 535 g/mol. The van der Waals surface area contributed by atoms with Gasteiger partial charge in [-0.25, -0.2) is 9.38 Å². The zero-order valence-corrected chi connectivity index (χ0v) is 22.3. The normalized spacial score (nSPS) is 16.4. The van der Waals surface area contributed by atoms with Gasteiger partial charge in [0.1, 0.15) is 0 Å². The van der Waals surface area contributed by atoms with Gasteiger partial charge in [-0.2, -0.15) is 0 Å². The van der Waals surface area contributed by atoms with E-state index in [1.807, 2.05) is 70.8 Å². The number of piperazine rings is 1. The number of benzene rings is 3. The summed E-state index contributed by atoms with van der Waals surface area (Å²) in [5.74, 6) is 0.892. The Bertz CT molecular complexity index is 1720. The van der Waals surface area contributed by atoms with Crippen LogP contribution in [0.1, 0.15) is 31.7 Å². The molecule has 0 radical (unpaired) electrons. The summed E-state index contributed by atoms with van der Waals surface area (Å²) in [6.45, 7) is 5.72. The van der Waals surface area contributed by atoms with Gasteiger partial charge >= 0.3 is 0 Å². The highest BCUT2D eigenvalue weighted by atomic mass is 16.6. The van der Waals surface area contributed by atoms with E-state index < -0.39 is 4.92 Å². The van der Waals surface area contributed by atoms with Crippen LogP contribution < -0.4 is 4.90 Å². The molecule has 40 heavy (non-hydrogen) atoms. The fraction of sp³-hybridized carbons (Fsp3) is 0.267. The highest BCUT2D eigenvalue weighted by molar-refractivity contribution is 5.93. The van der Waals surface area contributed by atoms with Crippen LogP contribution in [0.2, 0.25) is 0 Å². The van der Waals surface area contributed by atoms with E-state index in [1.54, 1.807) is 18.2 Å². The number of nitro benzene ring substituents is 1. The Labute approximate surface area is 231 Å². The molecular weight excluding hydrogens is 506 g/mol. The van der Waals surface area contributed by atoms with Gasteiger partial charge in [0, 0.05) is 37.1 Å². The molecule has 0 N–H and O–H groups in total. The molecule has 1 saturated heterocycles. The number of para-hydroxylation sites is 2. The van der Waals surface area contributed by atoms with Gasteiger partial charge in [0.05, 0.1) is 21.9 Å². The van der Waals surface area contributed by atoms with Crippen molar-refractivity contribution >= 4 is 34.1 Å². The van der Waals surface area contributed by atoms with Crippen molar-refractivity contribution in [2.24, 2.45) is 0 Å². The quantitative estimate of drug-likeness (QED) is 0.220. The lowest BCUT2D eigenvalue weighted by Crippen LogP contribution is -2.55. The predicted molar refractivity (Wildman–Crippen MR) is 153 cm³/mol. The van der Waals surface area contributed by atoms with Gasteiger partial charge in [-0.05, 0) is 37.1 Å². The Hall–Kier alpha value is -4.86. The molecule has 3 aromatic carbocycles. The van der Waals surface area contributed by atoms with Crippen molar-refractivity contribution in [3.05, 3.63) is 94.5 Å². The third kappa shape index (κ3) is 4.31. The zero-order chi connectivity index (χ0) is 27.8. The fourth-order valence-electron chi connectivity index (χ4n) is 5.68. The Balaban J connectivity index is 1.40. The minimum absolute atomic E-state index is 0.0498. The number of rotatable bonds is 6. The summed E-state index contributed by atoms with van der Waals surface area (Å²) in [4.78, 5) is 34.2. The van der Waals surface area contributed by atoms with Crippen molar-refractivity contribution < 1.29 is 9.72 Å². The van der Waals surface area contributed by atoms with Crippen molar-refractivity contribution in [3.8, 4) is 11.4 Å². The molecular formula is C30H29N7O3. The first-order chi connectivity index (χ1) is 19.5. The van der Waals surface area contributed by atoms with Crippen LogP contribution >= 0.6 is 0 Å². The molecule has 2 aromatic heterocycles. The number of nitro groups is 1. The van der Waals surface area contributed by atoms with Crippen molar-refractivity contribution in [2.75, 3.05) is 24.5 Å². The molecule has 1 aliphatic rings. The number of carbonyl (C=O) groups excluding carboxylic acids is 1. The summed E-state index contributed by atoms with van der Waals surface area (Å²) in [6, 6.07) is 24.1. The van der Waals surface area contributed by atoms with E-state index in [1.165, 1.54) is 6.07 Å². The van der Waals surface area contributed by atoms with Gasteiger partial charge in [-0.3, -0.25) is 14.9 Å². The largest absolute Gasteiger partial charge is 0.338 e. The van der Waals surface area contributed by atoms with Crippen LogP contribution in [-0.2, 0) is 4.79 Å². The number of carbonyl (C=O) groups is 1. The van der Waals surface area contributed by atoms with E-state index in [0.717, 1.165) is 22.9 Å². The summed E-state index contributed by atoms with van der Waals surface area (Å²) in [5, 5.41) is 21.6. The number of aromatic nitrogens is 4. The molecule has 1 aliphatic heterocycles. The van der Waals surface area contributed by atoms with Crippen molar-refractivity contribution in [1.82, 2.24) is 24.5 Å². The van der Waals surface area contributed by atoms with Crippen LogP contribution in [0.4, 0.5) is 11.6 Å². The lowest BCUT2D eigenvalue weighted by atomic mass is 9.94. The van der Waals surface area contributed by atoms with Crippen LogP contribution in [0.5, 0.6) is 0 Å². The van der Waals surface area contributed by atoms with Crippen LogP contribution in [-0.4, -0.2) is 61.0 Å². The van der Waals surface area contributed by atoms with Gasteiger partial charge in [-0.15, -0.1) is 10.2 Å². The molecule has 0 bridgehead atoms. The molecule has 10 heteroatoms. The maximum absolute atomic E-state index is 13.7. The minimum atomic E-state index is -0.409. The topological polar surface area (TPSA) is 110 Å². The van der Waals surface area contributed by atoms with Crippen molar-refractivity contribution in [2.45, 2.75) is 32.2 Å². The highest BCUT2D eigenvalue weighted by Crippen LogP contribution is 2.34. The van der Waals surface area contributed by atoms with E-state index in [-0.39, 0.29) is 23.6 Å². The van der Waals surface area contributed by atoms with Crippen LogP contribution in [0.15, 0.2) is 78.9 Å². The van der Waals surface area contributed by atoms with Gasteiger partial charge in [0.25, 0.3) is 5.69 Å². The standard InChI is InChI=1S/C30H29N7O3/c1-3-22(21-11-5-4-6-12-21)29(38)35-18-17-34(19-20(35)2)30-31-25-15-9-7-13-23(25)27-32-33-28(36(27)30)24-14-8-10-16-26(24)37(39)40/h4-16,20,22H,3,17-19H2,1-2H3/t20-,22-/m0/s1. The first-order valence-corrected chi connectivity index (χ1v) is 13.5. The van der Waals surface area contributed by atoms with E-state index in [2.05, 4.69) is 22.0 Å². The van der Waals surface area contributed by atoms with E-state index in [4.69, 9.17) is 4.98 Å². The summed E-state index contributed by atoms with van der Waals surface area (Å²) in [7, 11) is 0. The molecule has 0 aliphatic carbocycles. The van der Waals surface area contributed by atoms with Gasteiger partial charge in [0.2, 0.25) is 11.9 Å². The van der Waals surface area contributed by atoms with Gasteiger partial charge in [0.15, 0.2) is 11.5 Å². The SMILES string of the molecule is CC[C@H](C(=O)N1CCN(c2nc3ccccc3c3nnc(-c4ccccc4[N+](=O)[O-])n23)C[C@@H]1C)c1ccccc1. The second-order valence-corrected chi connectivity index (χ2v) is 10.1. The Morgan fingerprint density at radius 3 is 2.48 bits per heavy atom. The minimum Gasteiger partial charge on any atom is -0.338 e. The van der Waals surface area contributed by atoms with Gasteiger partial charge in [-0.1, -0.05) is 61.5 Å². The third-order valence-corrected chi connectivity index (χ3v) is 7.67. The summed E-state index contributed by atoms with van der Waals surface area (Å²) in [6.07, 6.45) is 0.725. The molecule has 6 rings (SSSR count). The molecule has 1 fully saturated rings.